The minimum Gasteiger partial charge on any atom is -0.388 e. The van der Waals surface area contributed by atoms with Crippen LogP contribution in [0.15, 0.2) is 42.5 Å². The third-order valence-corrected chi connectivity index (χ3v) is 3.71. The number of hydrogen-bond donors (Lipinski definition) is 2. The maximum absolute atomic E-state index is 3.51. The average molecular weight is 268 g/mol. The number of hydrogen-bond acceptors (Lipinski definition) is 2. The van der Waals surface area contributed by atoms with Crippen LogP contribution in [-0.4, -0.2) is 13.6 Å². The van der Waals surface area contributed by atoms with Gasteiger partial charge in [-0.3, -0.25) is 0 Å². The van der Waals surface area contributed by atoms with Crippen LogP contribution in [0.5, 0.6) is 0 Å². The fourth-order valence-corrected chi connectivity index (χ4v) is 2.26. The zero-order valence-electron chi connectivity index (χ0n) is 12.7. The zero-order chi connectivity index (χ0) is 14.4. The Morgan fingerprint density at radius 2 is 1.75 bits per heavy atom. The first-order chi connectivity index (χ1) is 9.69. The topological polar surface area (TPSA) is 24.1 Å². The van der Waals surface area contributed by atoms with E-state index >= 15 is 0 Å². The van der Waals surface area contributed by atoms with Crippen molar-refractivity contribution in [1.29, 1.82) is 0 Å². The molecule has 0 aliphatic carbocycles. The lowest BCUT2D eigenvalue weighted by atomic mass is 10.0. The molecule has 2 N–H and O–H groups in total. The SMILES string of the molecule is CNc1cccc(CNCCc2ccc(C)c(C)c2)c1. The normalized spacial score (nSPS) is 10.6. The molecule has 0 aliphatic rings. The second-order valence-corrected chi connectivity index (χ2v) is 5.30. The summed E-state index contributed by atoms with van der Waals surface area (Å²) in [7, 11) is 1.95. The average Bonchev–Trinajstić information content (AvgIpc) is 2.47. The highest BCUT2D eigenvalue weighted by Gasteiger charge is 1.98. The molecule has 0 amide bonds. The van der Waals surface area contributed by atoms with Gasteiger partial charge < -0.3 is 10.6 Å². The van der Waals surface area contributed by atoms with Gasteiger partial charge in [0.25, 0.3) is 0 Å². The van der Waals surface area contributed by atoms with E-state index in [0.29, 0.717) is 0 Å². The summed E-state index contributed by atoms with van der Waals surface area (Å²) >= 11 is 0. The molecular formula is C18H24N2. The van der Waals surface area contributed by atoms with Crippen molar-refractivity contribution >= 4 is 5.69 Å². The highest BCUT2D eigenvalue weighted by Crippen LogP contribution is 2.11. The Kier molecular flexibility index (Phi) is 5.19. The Bertz CT molecular complexity index is 561. The number of aryl methyl sites for hydroxylation is 2. The third kappa shape index (κ3) is 4.10. The van der Waals surface area contributed by atoms with Crippen LogP contribution >= 0.6 is 0 Å². The van der Waals surface area contributed by atoms with Crippen LogP contribution in [0, 0.1) is 13.8 Å². The van der Waals surface area contributed by atoms with Gasteiger partial charge in [-0.25, -0.2) is 0 Å². The van der Waals surface area contributed by atoms with Crippen LogP contribution in [-0.2, 0) is 13.0 Å². The van der Waals surface area contributed by atoms with Crippen molar-refractivity contribution in [2.75, 3.05) is 18.9 Å². The van der Waals surface area contributed by atoms with Crippen molar-refractivity contribution < 1.29 is 0 Å². The molecular weight excluding hydrogens is 244 g/mol. The molecule has 0 aliphatic heterocycles. The minimum atomic E-state index is 0.917. The van der Waals surface area contributed by atoms with Crippen molar-refractivity contribution in [1.82, 2.24) is 5.32 Å². The molecule has 0 unspecified atom stereocenters. The standard InChI is InChI=1S/C18H24N2/c1-14-7-8-16(11-15(14)2)9-10-20-13-17-5-4-6-18(12-17)19-3/h4-8,11-12,19-20H,9-10,13H2,1-3H3. The van der Waals surface area contributed by atoms with Gasteiger partial charge in [0.15, 0.2) is 0 Å². The van der Waals surface area contributed by atoms with Gasteiger partial charge in [0.1, 0.15) is 0 Å². The van der Waals surface area contributed by atoms with Crippen molar-refractivity contribution in [2.24, 2.45) is 0 Å². The molecule has 0 saturated heterocycles. The maximum Gasteiger partial charge on any atom is 0.0340 e. The van der Waals surface area contributed by atoms with Gasteiger partial charge in [0.2, 0.25) is 0 Å². The molecule has 0 heterocycles. The Hall–Kier alpha value is -1.80. The Balaban J connectivity index is 1.79. The summed E-state index contributed by atoms with van der Waals surface area (Å²) in [5.41, 5.74) is 6.63. The van der Waals surface area contributed by atoms with Gasteiger partial charge >= 0.3 is 0 Å². The lowest BCUT2D eigenvalue weighted by Crippen LogP contribution is -2.16. The first kappa shape index (κ1) is 14.6. The summed E-state index contributed by atoms with van der Waals surface area (Å²) in [6.45, 7) is 6.26. The van der Waals surface area contributed by atoms with Crippen molar-refractivity contribution in [3.05, 3.63) is 64.7 Å². The van der Waals surface area contributed by atoms with E-state index in [-0.39, 0.29) is 0 Å². The Labute approximate surface area is 122 Å². The molecule has 0 aromatic heterocycles. The van der Waals surface area contributed by atoms with Crippen molar-refractivity contribution in [2.45, 2.75) is 26.8 Å². The molecule has 106 valence electrons. The fourth-order valence-electron chi connectivity index (χ4n) is 2.26. The summed E-state index contributed by atoms with van der Waals surface area (Å²) in [6, 6.07) is 15.2. The van der Waals surface area contributed by atoms with E-state index < -0.39 is 0 Å². The van der Waals surface area contributed by atoms with Crippen LogP contribution in [0.25, 0.3) is 0 Å². The Morgan fingerprint density at radius 3 is 2.50 bits per heavy atom. The monoisotopic (exact) mass is 268 g/mol. The molecule has 2 aromatic carbocycles. The van der Waals surface area contributed by atoms with Crippen LogP contribution < -0.4 is 10.6 Å². The Morgan fingerprint density at radius 1 is 0.900 bits per heavy atom. The van der Waals surface area contributed by atoms with Crippen LogP contribution in [0.1, 0.15) is 22.3 Å². The number of rotatable bonds is 6. The summed E-state index contributed by atoms with van der Waals surface area (Å²) in [5, 5.41) is 6.68. The van der Waals surface area contributed by atoms with Crippen LogP contribution in [0.2, 0.25) is 0 Å². The highest BCUT2D eigenvalue weighted by atomic mass is 14.8. The van der Waals surface area contributed by atoms with Crippen LogP contribution in [0.4, 0.5) is 5.69 Å². The number of nitrogens with one attached hydrogen (secondary N) is 2. The highest BCUT2D eigenvalue weighted by molar-refractivity contribution is 5.44. The van der Waals surface area contributed by atoms with Gasteiger partial charge in [-0.05, 0) is 61.2 Å². The molecule has 2 rings (SSSR count). The molecule has 2 aromatic rings. The largest absolute Gasteiger partial charge is 0.388 e. The quantitative estimate of drug-likeness (QED) is 0.781. The lowest BCUT2D eigenvalue weighted by molar-refractivity contribution is 0.687. The molecule has 0 atom stereocenters. The smallest absolute Gasteiger partial charge is 0.0340 e. The summed E-state index contributed by atoms with van der Waals surface area (Å²) < 4.78 is 0. The molecule has 0 radical (unpaired) electrons. The van der Waals surface area contributed by atoms with E-state index in [4.69, 9.17) is 0 Å². The van der Waals surface area contributed by atoms with Gasteiger partial charge in [-0.1, -0.05) is 30.3 Å². The number of benzene rings is 2. The third-order valence-electron chi connectivity index (χ3n) is 3.71. The van der Waals surface area contributed by atoms with Gasteiger partial charge in [-0.15, -0.1) is 0 Å². The fraction of sp³-hybridized carbons (Fsp3) is 0.333. The molecule has 2 nitrogen and oxygen atoms in total. The van der Waals surface area contributed by atoms with E-state index in [2.05, 4.69) is 66.9 Å². The summed E-state index contributed by atoms with van der Waals surface area (Å²) in [5.74, 6) is 0. The van der Waals surface area contributed by atoms with E-state index in [1.165, 1.54) is 27.9 Å². The molecule has 0 bridgehead atoms. The minimum absolute atomic E-state index is 0.917. The van der Waals surface area contributed by atoms with Crippen molar-refractivity contribution in [3.8, 4) is 0 Å². The van der Waals surface area contributed by atoms with E-state index in [1.54, 1.807) is 0 Å². The van der Waals surface area contributed by atoms with E-state index in [9.17, 15) is 0 Å². The van der Waals surface area contributed by atoms with Crippen molar-refractivity contribution in [3.63, 3.8) is 0 Å². The zero-order valence-corrected chi connectivity index (χ0v) is 12.7. The van der Waals surface area contributed by atoms with Gasteiger partial charge in [-0.2, -0.15) is 0 Å². The summed E-state index contributed by atoms with van der Waals surface area (Å²) in [4.78, 5) is 0. The molecule has 2 heteroatoms. The molecule has 0 spiro atoms. The van der Waals surface area contributed by atoms with Gasteiger partial charge in [0, 0.05) is 19.3 Å². The second kappa shape index (κ2) is 7.11. The van der Waals surface area contributed by atoms with Gasteiger partial charge in [0.05, 0.1) is 0 Å². The summed E-state index contributed by atoms with van der Waals surface area (Å²) in [6.07, 6.45) is 1.08. The second-order valence-electron chi connectivity index (χ2n) is 5.30. The van der Waals surface area contributed by atoms with E-state index in [1.807, 2.05) is 7.05 Å². The number of anilines is 1. The molecule has 0 fully saturated rings. The van der Waals surface area contributed by atoms with E-state index in [0.717, 1.165) is 19.5 Å². The maximum atomic E-state index is 3.51. The first-order valence-electron chi connectivity index (χ1n) is 7.22. The first-order valence-corrected chi connectivity index (χ1v) is 7.22. The molecule has 20 heavy (non-hydrogen) atoms. The molecule has 0 saturated carbocycles. The van der Waals surface area contributed by atoms with Crippen LogP contribution in [0.3, 0.4) is 0 Å². The predicted molar refractivity (Wildman–Crippen MR) is 87.3 cm³/mol. The predicted octanol–water partition coefficient (Wildman–Crippen LogP) is 3.68. The lowest BCUT2D eigenvalue weighted by Gasteiger charge is -2.08.